The fraction of sp³-hybridized carbons (Fsp3) is 0.429. The van der Waals surface area contributed by atoms with Crippen molar-refractivity contribution in [2.75, 3.05) is 25.5 Å². The van der Waals surface area contributed by atoms with Gasteiger partial charge in [-0.15, -0.1) is 0 Å². The number of hydrogen-bond donors (Lipinski definition) is 2. The van der Waals surface area contributed by atoms with E-state index < -0.39 is 0 Å². The van der Waals surface area contributed by atoms with Crippen molar-refractivity contribution in [2.24, 2.45) is 0 Å². The van der Waals surface area contributed by atoms with Gasteiger partial charge in [-0.25, -0.2) is 0 Å². The van der Waals surface area contributed by atoms with Gasteiger partial charge in [0.05, 0.1) is 0 Å². The van der Waals surface area contributed by atoms with E-state index in [4.69, 9.17) is 0 Å². The standard InChI is InChI=1S/C14H19N3O2/c1-10(18)16-12-5-3-4-11(8-12)14(19)17(2)13-6-7-15-9-13/h3-5,8,13,15H,6-7,9H2,1-2H3,(H,16,18). The molecule has 1 atom stereocenters. The summed E-state index contributed by atoms with van der Waals surface area (Å²) in [7, 11) is 1.82. The summed E-state index contributed by atoms with van der Waals surface area (Å²) >= 11 is 0. The van der Waals surface area contributed by atoms with Crippen molar-refractivity contribution in [1.29, 1.82) is 0 Å². The van der Waals surface area contributed by atoms with E-state index >= 15 is 0 Å². The molecule has 1 aromatic rings. The lowest BCUT2D eigenvalue weighted by atomic mass is 10.1. The SMILES string of the molecule is CC(=O)Nc1cccc(C(=O)N(C)C2CCNC2)c1. The van der Waals surface area contributed by atoms with Gasteiger partial charge in [-0.05, 0) is 31.2 Å². The zero-order chi connectivity index (χ0) is 13.8. The van der Waals surface area contributed by atoms with E-state index in [1.807, 2.05) is 7.05 Å². The largest absolute Gasteiger partial charge is 0.337 e. The van der Waals surface area contributed by atoms with Crippen LogP contribution in [0.4, 0.5) is 5.69 Å². The zero-order valence-electron chi connectivity index (χ0n) is 11.3. The molecule has 2 rings (SSSR count). The van der Waals surface area contributed by atoms with Gasteiger partial charge in [0.2, 0.25) is 5.91 Å². The maximum absolute atomic E-state index is 12.4. The van der Waals surface area contributed by atoms with Crippen LogP contribution in [-0.4, -0.2) is 42.9 Å². The van der Waals surface area contributed by atoms with Gasteiger partial charge in [0, 0.05) is 37.8 Å². The Balaban J connectivity index is 2.11. The molecule has 1 fully saturated rings. The lowest BCUT2D eigenvalue weighted by Crippen LogP contribution is -2.38. The molecule has 1 aliphatic heterocycles. The van der Waals surface area contributed by atoms with Crippen LogP contribution in [0.3, 0.4) is 0 Å². The average Bonchev–Trinajstić information content (AvgIpc) is 2.90. The zero-order valence-corrected chi connectivity index (χ0v) is 11.3. The Morgan fingerprint density at radius 1 is 1.42 bits per heavy atom. The summed E-state index contributed by atoms with van der Waals surface area (Å²) in [5.41, 5.74) is 1.25. The van der Waals surface area contributed by atoms with Gasteiger partial charge in [-0.2, -0.15) is 0 Å². The number of anilines is 1. The highest BCUT2D eigenvalue weighted by Gasteiger charge is 2.24. The Kier molecular flexibility index (Phi) is 4.16. The van der Waals surface area contributed by atoms with Crippen LogP contribution in [0.15, 0.2) is 24.3 Å². The molecule has 1 aromatic carbocycles. The van der Waals surface area contributed by atoms with Crippen molar-refractivity contribution in [2.45, 2.75) is 19.4 Å². The van der Waals surface area contributed by atoms with E-state index in [1.165, 1.54) is 6.92 Å². The Bertz CT molecular complexity index is 481. The average molecular weight is 261 g/mol. The molecular formula is C14H19N3O2. The van der Waals surface area contributed by atoms with Crippen LogP contribution < -0.4 is 10.6 Å². The second kappa shape index (κ2) is 5.84. The summed E-state index contributed by atoms with van der Waals surface area (Å²) in [6, 6.07) is 7.28. The molecule has 2 N–H and O–H groups in total. The van der Waals surface area contributed by atoms with Crippen molar-refractivity contribution in [3.63, 3.8) is 0 Å². The van der Waals surface area contributed by atoms with E-state index in [-0.39, 0.29) is 17.9 Å². The summed E-state index contributed by atoms with van der Waals surface area (Å²) < 4.78 is 0. The van der Waals surface area contributed by atoms with Gasteiger partial charge in [0.25, 0.3) is 5.91 Å². The van der Waals surface area contributed by atoms with Crippen LogP contribution in [0, 0.1) is 0 Å². The van der Waals surface area contributed by atoms with E-state index in [2.05, 4.69) is 10.6 Å². The number of rotatable bonds is 3. The summed E-state index contributed by atoms with van der Waals surface area (Å²) in [6.07, 6.45) is 0.980. The molecule has 0 bridgehead atoms. The van der Waals surface area contributed by atoms with Crippen LogP contribution in [0.1, 0.15) is 23.7 Å². The van der Waals surface area contributed by atoms with Gasteiger partial charge < -0.3 is 15.5 Å². The second-order valence-corrected chi connectivity index (χ2v) is 4.82. The number of benzene rings is 1. The first-order chi connectivity index (χ1) is 9.08. The Labute approximate surface area is 113 Å². The molecule has 1 heterocycles. The first-order valence-electron chi connectivity index (χ1n) is 6.43. The summed E-state index contributed by atoms with van der Waals surface area (Å²) in [6.45, 7) is 3.24. The van der Waals surface area contributed by atoms with Crippen LogP contribution in [0.25, 0.3) is 0 Å². The quantitative estimate of drug-likeness (QED) is 0.856. The number of carbonyl (C=O) groups is 2. The monoisotopic (exact) mass is 261 g/mol. The molecule has 0 saturated carbocycles. The normalized spacial score (nSPS) is 18.1. The maximum atomic E-state index is 12.4. The van der Waals surface area contributed by atoms with Gasteiger partial charge in [0.15, 0.2) is 0 Å². The Morgan fingerprint density at radius 2 is 2.21 bits per heavy atom. The smallest absolute Gasteiger partial charge is 0.253 e. The highest BCUT2D eigenvalue weighted by Crippen LogP contribution is 2.15. The lowest BCUT2D eigenvalue weighted by Gasteiger charge is -2.24. The Hall–Kier alpha value is -1.88. The highest BCUT2D eigenvalue weighted by molar-refractivity contribution is 5.96. The number of nitrogens with one attached hydrogen (secondary N) is 2. The van der Waals surface area contributed by atoms with Gasteiger partial charge in [0.1, 0.15) is 0 Å². The Morgan fingerprint density at radius 3 is 2.84 bits per heavy atom. The molecule has 102 valence electrons. The molecule has 1 unspecified atom stereocenters. The third-order valence-electron chi connectivity index (χ3n) is 3.33. The summed E-state index contributed by atoms with van der Waals surface area (Å²) in [4.78, 5) is 25.1. The molecule has 19 heavy (non-hydrogen) atoms. The molecular weight excluding hydrogens is 242 g/mol. The molecule has 5 heteroatoms. The number of amides is 2. The first kappa shape index (κ1) is 13.5. The predicted molar refractivity (Wildman–Crippen MR) is 74.1 cm³/mol. The topological polar surface area (TPSA) is 61.4 Å². The molecule has 0 aliphatic carbocycles. The second-order valence-electron chi connectivity index (χ2n) is 4.82. The number of likely N-dealkylation sites (N-methyl/N-ethyl adjacent to an activating group) is 1. The molecule has 2 amide bonds. The van der Waals surface area contributed by atoms with Crippen LogP contribution in [-0.2, 0) is 4.79 Å². The van der Waals surface area contributed by atoms with Crippen LogP contribution in [0.5, 0.6) is 0 Å². The third-order valence-corrected chi connectivity index (χ3v) is 3.33. The first-order valence-corrected chi connectivity index (χ1v) is 6.43. The molecule has 0 radical (unpaired) electrons. The van der Waals surface area contributed by atoms with E-state index in [0.29, 0.717) is 11.3 Å². The van der Waals surface area contributed by atoms with Gasteiger partial charge in [-0.1, -0.05) is 6.07 Å². The minimum atomic E-state index is -0.141. The third kappa shape index (κ3) is 3.32. The predicted octanol–water partition coefficient (Wildman–Crippen LogP) is 1.08. The van der Waals surface area contributed by atoms with Crippen molar-refractivity contribution in [3.05, 3.63) is 29.8 Å². The minimum Gasteiger partial charge on any atom is -0.337 e. The van der Waals surface area contributed by atoms with Crippen molar-refractivity contribution < 1.29 is 9.59 Å². The van der Waals surface area contributed by atoms with E-state index in [1.54, 1.807) is 29.2 Å². The van der Waals surface area contributed by atoms with Gasteiger partial charge >= 0.3 is 0 Å². The number of nitrogens with zero attached hydrogens (tertiary/aromatic N) is 1. The minimum absolute atomic E-state index is 0.0131. The molecule has 0 spiro atoms. The van der Waals surface area contributed by atoms with Gasteiger partial charge in [-0.3, -0.25) is 9.59 Å². The molecule has 0 aromatic heterocycles. The fourth-order valence-electron chi connectivity index (χ4n) is 2.27. The van der Waals surface area contributed by atoms with Crippen molar-refractivity contribution in [3.8, 4) is 0 Å². The van der Waals surface area contributed by atoms with E-state index in [9.17, 15) is 9.59 Å². The summed E-state index contributed by atoms with van der Waals surface area (Å²) in [5.74, 6) is -0.154. The highest BCUT2D eigenvalue weighted by atomic mass is 16.2. The van der Waals surface area contributed by atoms with Crippen LogP contribution >= 0.6 is 0 Å². The van der Waals surface area contributed by atoms with Crippen LogP contribution in [0.2, 0.25) is 0 Å². The number of hydrogen-bond acceptors (Lipinski definition) is 3. The maximum Gasteiger partial charge on any atom is 0.253 e. The van der Waals surface area contributed by atoms with Crippen molar-refractivity contribution >= 4 is 17.5 Å². The fourth-order valence-corrected chi connectivity index (χ4v) is 2.27. The van der Waals surface area contributed by atoms with Crippen molar-refractivity contribution in [1.82, 2.24) is 10.2 Å². The molecule has 5 nitrogen and oxygen atoms in total. The van der Waals surface area contributed by atoms with E-state index in [0.717, 1.165) is 19.5 Å². The molecule has 1 aliphatic rings. The number of carbonyl (C=O) groups excluding carboxylic acids is 2. The lowest BCUT2D eigenvalue weighted by molar-refractivity contribution is -0.114. The molecule has 1 saturated heterocycles. The summed E-state index contributed by atoms with van der Waals surface area (Å²) in [5, 5.41) is 5.93.